The maximum Gasteiger partial charge on any atom is 0.242 e. The molecule has 3 aliphatic heterocycles. The molecule has 12 heteroatoms. The first-order valence-corrected chi connectivity index (χ1v) is 19.0. The van der Waals surface area contributed by atoms with Crippen LogP contribution >= 0.6 is 22.9 Å². The molecule has 266 valence electrons. The highest BCUT2D eigenvalue weighted by atomic mass is 35.5. The zero-order chi connectivity index (χ0) is 36.4. The lowest BCUT2D eigenvalue weighted by atomic mass is 9.51. The average Bonchev–Trinajstić information content (AvgIpc) is 3.79. The van der Waals surface area contributed by atoms with Crippen molar-refractivity contribution in [2.75, 3.05) is 11.4 Å². The van der Waals surface area contributed by atoms with E-state index < -0.39 is 35.0 Å². The second kappa shape index (κ2) is 11.6. The number of hydrogen-bond acceptors (Lipinski definition) is 8. The fourth-order valence-electron chi connectivity index (χ4n) is 9.79. The van der Waals surface area contributed by atoms with Gasteiger partial charge in [-0.15, -0.1) is 11.3 Å². The zero-order valence-electron chi connectivity index (χ0n) is 29.2. The summed E-state index contributed by atoms with van der Waals surface area (Å²) in [5.74, 6) is -2.80. The highest BCUT2D eigenvalue weighted by Crippen LogP contribution is 2.63. The predicted molar refractivity (Wildman–Crippen MR) is 197 cm³/mol. The molecule has 5 aliphatic rings. The number of anilines is 1. The fourth-order valence-corrected chi connectivity index (χ4v) is 11.1. The van der Waals surface area contributed by atoms with E-state index in [0.717, 1.165) is 37.2 Å². The Morgan fingerprint density at radius 1 is 1.06 bits per heavy atom. The first-order chi connectivity index (χ1) is 24.9. The van der Waals surface area contributed by atoms with Gasteiger partial charge in [0.15, 0.2) is 0 Å². The highest BCUT2D eigenvalue weighted by molar-refractivity contribution is 7.22. The number of carbonyl (C=O) groups is 4. The Hall–Kier alpha value is -4.74. The average molecular weight is 737 g/mol. The van der Waals surface area contributed by atoms with Crippen molar-refractivity contribution >= 4 is 62.5 Å². The van der Waals surface area contributed by atoms with Crippen LogP contribution in [-0.2, 0) is 32.6 Å². The number of phenolic OH excluding ortho intramolecular Hbond substituents is 1. The number of aromatic nitrogens is 2. The van der Waals surface area contributed by atoms with E-state index in [1.54, 1.807) is 53.6 Å². The Bertz CT molecular complexity index is 2340. The minimum Gasteiger partial charge on any atom is -0.508 e. The maximum absolute atomic E-state index is 15.1. The van der Waals surface area contributed by atoms with Crippen LogP contribution in [0.15, 0.2) is 65.9 Å². The molecule has 0 spiro atoms. The quantitative estimate of drug-likeness (QED) is 0.174. The van der Waals surface area contributed by atoms with Gasteiger partial charge in [0.2, 0.25) is 23.6 Å². The smallest absolute Gasteiger partial charge is 0.242 e. The van der Waals surface area contributed by atoms with Crippen LogP contribution in [0.5, 0.6) is 11.5 Å². The number of imide groups is 2. The van der Waals surface area contributed by atoms with E-state index in [1.165, 1.54) is 9.80 Å². The number of ether oxygens (including phenoxy) is 1. The Morgan fingerprint density at radius 3 is 2.65 bits per heavy atom. The van der Waals surface area contributed by atoms with E-state index in [4.69, 9.17) is 21.4 Å². The standard InChI is InChI=1S/C40H37ClN4O6S/c1-5-12-44-36(47)25-9-8-24-27(33(25)38(44)49)16-28-37(48)45(32-17-29(42-43(32)4)35-19(2)26-15-22(41)6-11-31(26)52-35)39(50)40(28,3)34(24)21-13-20-14-23(46)7-10-30(20)51-18-21/h6-8,10-11,14-15,17-18,25,27-28,33-34,46H,5,9,12-13,16H2,1-4H3/t25-,27+,28-,33-,34-,40+/m0/s1. The van der Waals surface area contributed by atoms with Crippen LogP contribution in [0.4, 0.5) is 5.82 Å². The molecular formula is C40H37ClN4O6S. The lowest BCUT2D eigenvalue weighted by Gasteiger charge is -2.49. The number of nitrogens with zero attached hydrogens (tertiary/aromatic N) is 4. The van der Waals surface area contributed by atoms with Gasteiger partial charge in [-0.25, -0.2) is 4.90 Å². The monoisotopic (exact) mass is 736 g/mol. The number of benzene rings is 2. The molecule has 1 N–H and O–H groups in total. The Labute approximate surface area is 309 Å². The SMILES string of the molecule is CCCN1C(=O)[C@H]2[C@H](CC=C3[C@H](C4=COc5ccc(O)cc5C4)[C@]4(C)C(=O)N(c5cc(-c6sc7ccc(Cl)cc7c6C)nn5C)C(=O)[C@@H]4C[C@H]32)C1=O. The normalized spacial score (nSPS) is 28.1. The van der Waals surface area contributed by atoms with Crippen molar-refractivity contribution in [3.8, 4) is 22.1 Å². The van der Waals surface area contributed by atoms with Gasteiger partial charge in [-0.05, 0) is 91.9 Å². The lowest BCUT2D eigenvalue weighted by Crippen LogP contribution is -2.51. The van der Waals surface area contributed by atoms with Gasteiger partial charge in [0, 0.05) is 47.3 Å². The van der Waals surface area contributed by atoms with Crippen LogP contribution in [0.1, 0.15) is 44.2 Å². The molecule has 10 nitrogen and oxygen atoms in total. The van der Waals surface area contributed by atoms with Crippen molar-refractivity contribution in [2.45, 2.75) is 46.5 Å². The molecule has 52 heavy (non-hydrogen) atoms. The Morgan fingerprint density at radius 2 is 1.87 bits per heavy atom. The molecule has 3 fully saturated rings. The largest absolute Gasteiger partial charge is 0.508 e. The third kappa shape index (κ3) is 4.51. The third-order valence-corrected chi connectivity index (χ3v) is 13.7. The van der Waals surface area contributed by atoms with Crippen molar-refractivity contribution in [1.29, 1.82) is 0 Å². The summed E-state index contributed by atoms with van der Waals surface area (Å²) in [6.45, 7) is 6.19. The number of amides is 4. The molecule has 4 amide bonds. The number of halogens is 1. The molecule has 0 radical (unpaired) electrons. The molecule has 0 unspecified atom stereocenters. The van der Waals surface area contributed by atoms with Crippen LogP contribution in [-0.4, -0.2) is 50.0 Å². The summed E-state index contributed by atoms with van der Waals surface area (Å²) in [6.07, 6.45) is 5.43. The minimum atomic E-state index is -1.22. The number of phenols is 1. The van der Waals surface area contributed by atoms with E-state index in [1.807, 2.05) is 39.0 Å². The third-order valence-electron chi connectivity index (χ3n) is 12.2. The maximum atomic E-state index is 15.1. The van der Waals surface area contributed by atoms with Gasteiger partial charge in [-0.3, -0.25) is 28.8 Å². The highest BCUT2D eigenvalue weighted by Gasteiger charge is 2.68. The van der Waals surface area contributed by atoms with Crippen molar-refractivity contribution < 1.29 is 29.0 Å². The molecule has 4 aromatic rings. The Kier molecular flexibility index (Phi) is 7.41. The van der Waals surface area contributed by atoms with E-state index in [-0.39, 0.29) is 35.8 Å². The molecule has 0 bridgehead atoms. The number of aromatic hydroxyl groups is 1. The summed E-state index contributed by atoms with van der Waals surface area (Å²) in [6, 6.07) is 12.5. The molecule has 5 heterocycles. The van der Waals surface area contributed by atoms with Gasteiger partial charge in [-0.1, -0.05) is 30.2 Å². The van der Waals surface area contributed by atoms with Gasteiger partial charge >= 0.3 is 0 Å². The number of allylic oxidation sites excluding steroid dienone is 3. The summed E-state index contributed by atoms with van der Waals surface area (Å²) in [5.41, 5.74) is 2.90. The molecule has 6 atom stereocenters. The van der Waals surface area contributed by atoms with Gasteiger partial charge < -0.3 is 9.84 Å². The molecule has 2 aromatic carbocycles. The van der Waals surface area contributed by atoms with E-state index in [0.29, 0.717) is 48.1 Å². The van der Waals surface area contributed by atoms with Crippen molar-refractivity contribution in [1.82, 2.24) is 14.7 Å². The van der Waals surface area contributed by atoms with Crippen LogP contribution in [0.3, 0.4) is 0 Å². The number of carbonyl (C=O) groups excluding carboxylic acids is 4. The van der Waals surface area contributed by atoms with Crippen molar-refractivity contribution in [2.24, 2.45) is 42.1 Å². The van der Waals surface area contributed by atoms with Crippen molar-refractivity contribution in [3.63, 3.8) is 0 Å². The van der Waals surface area contributed by atoms with E-state index >= 15 is 4.79 Å². The molecule has 2 saturated heterocycles. The summed E-state index contributed by atoms with van der Waals surface area (Å²) in [4.78, 5) is 61.1. The van der Waals surface area contributed by atoms with Gasteiger partial charge in [-0.2, -0.15) is 5.10 Å². The fraction of sp³-hybridized carbons (Fsp3) is 0.375. The van der Waals surface area contributed by atoms with Crippen LogP contribution in [0.25, 0.3) is 20.7 Å². The van der Waals surface area contributed by atoms with Gasteiger partial charge in [0.05, 0.1) is 34.3 Å². The van der Waals surface area contributed by atoms with Crippen molar-refractivity contribution in [3.05, 3.63) is 82.1 Å². The van der Waals surface area contributed by atoms with Crippen LogP contribution in [0, 0.1) is 41.9 Å². The first-order valence-electron chi connectivity index (χ1n) is 17.8. The van der Waals surface area contributed by atoms with E-state index in [9.17, 15) is 19.5 Å². The zero-order valence-corrected chi connectivity index (χ0v) is 30.8. The van der Waals surface area contributed by atoms with Crippen LogP contribution < -0.4 is 9.64 Å². The number of rotatable bonds is 5. The van der Waals surface area contributed by atoms with Gasteiger partial charge in [0.1, 0.15) is 23.0 Å². The van der Waals surface area contributed by atoms with Crippen LogP contribution in [0.2, 0.25) is 5.02 Å². The summed E-state index contributed by atoms with van der Waals surface area (Å²) in [5, 5.41) is 16.8. The molecule has 2 aliphatic carbocycles. The number of aryl methyl sites for hydroxylation is 2. The molecule has 9 rings (SSSR count). The summed E-state index contributed by atoms with van der Waals surface area (Å²) in [7, 11) is 1.74. The Balaban J connectivity index is 1.15. The molecule has 1 saturated carbocycles. The topological polar surface area (TPSA) is 122 Å². The number of hydrogen-bond donors (Lipinski definition) is 1. The van der Waals surface area contributed by atoms with E-state index in [2.05, 4.69) is 6.08 Å². The number of thiophene rings is 1. The predicted octanol–water partition coefficient (Wildman–Crippen LogP) is 6.96. The molecule has 2 aromatic heterocycles. The lowest BCUT2D eigenvalue weighted by molar-refractivity contribution is -0.140. The molecular weight excluding hydrogens is 700 g/mol. The van der Waals surface area contributed by atoms with Gasteiger partial charge in [0.25, 0.3) is 0 Å². The minimum absolute atomic E-state index is 0.0993. The summed E-state index contributed by atoms with van der Waals surface area (Å²) >= 11 is 7.90. The number of fused-ring (bicyclic) bond motifs is 6. The summed E-state index contributed by atoms with van der Waals surface area (Å²) < 4.78 is 8.76. The number of likely N-dealkylation sites (tertiary alicyclic amines) is 1. The second-order valence-electron chi connectivity index (χ2n) is 15.0. The second-order valence-corrected chi connectivity index (χ2v) is 16.5. The first kappa shape index (κ1) is 33.1.